The van der Waals surface area contributed by atoms with E-state index in [0.29, 0.717) is 43.4 Å². The van der Waals surface area contributed by atoms with Gasteiger partial charge in [-0.1, -0.05) is 11.6 Å². The van der Waals surface area contributed by atoms with E-state index in [9.17, 15) is 10.1 Å². The zero-order valence-electron chi connectivity index (χ0n) is 16.3. The van der Waals surface area contributed by atoms with Gasteiger partial charge in [0.25, 0.3) is 0 Å². The molecule has 2 aliphatic rings. The average molecular weight is 435 g/mol. The number of nitrogens with two attached hydrogens (primary N) is 1. The SMILES string of the molecule is CCOC(=O)C1=C(C)N=C2SC(C#N)=C(N)N2[C@@H]1c1cc(Cl)c(OC)c(OC)c1. The molecule has 0 saturated carbocycles. The largest absolute Gasteiger partial charge is 0.493 e. The molecule has 3 rings (SSSR count). The summed E-state index contributed by atoms with van der Waals surface area (Å²) < 4.78 is 16.0. The van der Waals surface area contributed by atoms with Gasteiger partial charge in [-0.2, -0.15) is 5.26 Å². The third-order valence-corrected chi connectivity index (χ3v) is 5.70. The van der Waals surface area contributed by atoms with Gasteiger partial charge < -0.3 is 19.9 Å². The zero-order valence-corrected chi connectivity index (χ0v) is 17.8. The van der Waals surface area contributed by atoms with Crippen molar-refractivity contribution in [1.82, 2.24) is 4.90 Å². The van der Waals surface area contributed by atoms with Gasteiger partial charge in [-0.3, -0.25) is 4.90 Å². The van der Waals surface area contributed by atoms with Gasteiger partial charge in [-0.25, -0.2) is 9.79 Å². The van der Waals surface area contributed by atoms with Gasteiger partial charge in [0.1, 0.15) is 16.8 Å². The van der Waals surface area contributed by atoms with Crippen LogP contribution >= 0.6 is 23.4 Å². The van der Waals surface area contributed by atoms with Gasteiger partial charge in [0.05, 0.1) is 43.2 Å². The number of hydrogen-bond donors (Lipinski definition) is 1. The number of thioether (sulfide) groups is 1. The summed E-state index contributed by atoms with van der Waals surface area (Å²) in [5.41, 5.74) is 7.64. The van der Waals surface area contributed by atoms with Crippen molar-refractivity contribution in [1.29, 1.82) is 5.26 Å². The number of benzene rings is 1. The van der Waals surface area contributed by atoms with Crippen LogP contribution < -0.4 is 15.2 Å². The Morgan fingerprint density at radius 3 is 2.72 bits per heavy atom. The molecule has 2 N–H and O–H groups in total. The van der Waals surface area contributed by atoms with Crippen LogP contribution in [0.3, 0.4) is 0 Å². The van der Waals surface area contributed by atoms with Crippen molar-refractivity contribution in [2.75, 3.05) is 20.8 Å². The highest BCUT2D eigenvalue weighted by atomic mass is 35.5. The Hall–Kier alpha value is -2.83. The minimum absolute atomic E-state index is 0.203. The number of halogens is 1. The summed E-state index contributed by atoms with van der Waals surface area (Å²) in [6.45, 7) is 3.64. The molecule has 0 radical (unpaired) electrons. The lowest BCUT2D eigenvalue weighted by Gasteiger charge is -2.35. The Morgan fingerprint density at radius 2 is 2.14 bits per heavy atom. The first-order valence-electron chi connectivity index (χ1n) is 8.62. The first-order chi connectivity index (χ1) is 13.9. The Labute approximate surface area is 177 Å². The molecule has 8 nitrogen and oxygen atoms in total. The molecule has 0 fully saturated rings. The zero-order chi connectivity index (χ0) is 21.3. The van der Waals surface area contributed by atoms with E-state index in [1.165, 1.54) is 14.2 Å². The average Bonchev–Trinajstić information content (AvgIpc) is 3.01. The first-order valence-corrected chi connectivity index (χ1v) is 9.82. The highest BCUT2D eigenvalue weighted by molar-refractivity contribution is 8.17. The number of amidine groups is 1. The number of hydrogen-bond acceptors (Lipinski definition) is 9. The molecular weight excluding hydrogens is 416 g/mol. The summed E-state index contributed by atoms with van der Waals surface area (Å²) in [5.74, 6) is 0.459. The molecule has 0 aromatic heterocycles. The van der Waals surface area contributed by atoms with Gasteiger partial charge in [-0.15, -0.1) is 0 Å². The number of nitriles is 1. The Bertz CT molecular complexity index is 1010. The van der Waals surface area contributed by atoms with E-state index in [1.807, 2.05) is 0 Å². The normalized spacial score (nSPS) is 18.3. The molecule has 152 valence electrons. The first kappa shape index (κ1) is 20.9. The van der Waals surface area contributed by atoms with Crippen molar-refractivity contribution < 1.29 is 19.0 Å². The van der Waals surface area contributed by atoms with Crippen LogP contribution in [-0.4, -0.2) is 36.9 Å². The topological polar surface area (TPSA) is 110 Å². The molecular formula is C19H19ClN4O4S. The van der Waals surface area contributed by atoms with E-state index in [2.05, 4.69) is 11.1 Å². The molecule has 10 heteroatoms. The molecule has 0 bridgehead atoms. The Balaban J connectivity index is 2.25. The number of carbonyl (C=O) groups is 1. The van der Waals surface area contributed by atoms with Crippen LogP contribution in [-0.2, 0) is 9.53 Å². The third kappa shape index (κ3) is 3.50. The molecule has 2 heterocycles. The molecule has 0 amide bonds. The molecule has 1 aromatic rings. The van der Waals surface area contributed by atoms with Gasteiger partial charge in [0.15, 0.2) is 16.7 Å². The predicted octanol–water partition coefficient (Wildman–Crippen LogP) is 3.31. The number of carbonyl (C=O) groups excluding carboxylic acids is 1. The molecule has 2 aliphatic heterocycles. The predicted molar refractivity (Wildman–Crippen MR) is 110 cm³/mol. The van der Waals surface area contributed by atoms with E-state index >= 15 is 0 Å². The minimum atomic E-state index is -0.697. The Kier molecular flexibility index (Phi) is 5.96. The molecule has 0 unspecified atom stereocenters. The summed E-state index contributed by atoms with van der Waals surface area (Å²) >= 11 is 7.55. The standard InChI is InChI=1S/C19H19ClN4O4S/c1-5-28-18(25)14-9(2)23-19-24(17(22)13(8-21)29-19)15(14)10-6-11(20)16(27-4)12(7-10)26-3/h6-7,15H,5,22H2,1-4H3/t15-/m1/s1. The van der Waals surface area contributed by atoms with Crippen LogP contribution in [0, 0.1) is 11.3 Å². The van der Waals surface area contributed by atoms with Crippen molar-refractivity contribution in [3.63, 3.8) is 0 Å². The quantitative estimate of drug-likeness (QED) is 0.703. The fraction of sp³-hybridized carbons (Fsp3) is 0.316. The van der Waals surface area contributed by atoms with E-state index in [0.717, 1.165) is 11.8 Å². The highest BCUT2D eigenvalue weighted by Crippen LogP contribution is 2.48. The maximum Gasteiger partial charge on any atom is 0.338 e. The molecule has 1 atom stereocenters. The second kappa shape index (κ2) is 8.27. The lowest BCUT2D eigenvalue weighted by Crippen LogP contribution is -2.38. The fourth-order valence-electron chi connectivity index (χ4n) is 3.22. The molecule has 1 aromatic carbocycles. The maximum absolute atomic E-state index is 12.8. The van der Waals surface area contributed by atoms with Crippen LogP contribution in [0.2, 0.25) is 5.02 Å². The van der Waals surface area contributed by atoms with E-state index in [4.69, 9.17) is 31.5 Å². The van der Waals surface area contributed by atoms with Crippen LogP contribution in [0.25, 0.3) is 0 Å². The molecule has 0 aliphatic carbocycles. The van der Waals surface area contributed by atoms with E-state index in [1.54, 1.807) is 30.9 Å². The third-order valence-electron chi connectivity index (χ3n) is 4.44. The van der Waals surface area contributed by atoms with Crippen LogP contribution in [0.15, 0.2) is 39.1 Å². The highest BCUT2D eigenvalue weighted by Gasteiger charge is 2.43. The number of fused-ring (bicyclic) bond motifs is 1. The summed E-state index contributed by atoms with van der Waals surface area (Å²) in [6, 6.07) is 4.76. The fourth-order valence-corrected chi connectivity index (χ4v) is 4.43. The van der Waals surface area contributed by atoms with Gasteiger partial charge in [0.2, 0.25) is 0 Å². The van der Waals surface area contributed by atoms with Crippen LogP contribution in [0.4, 0.5) is 0 Å². The van der Waals surface area contributed by atoms with Gasteiger partial charge >= 0.3 is 5.97 Å². The van der Waals surface area contributed by atoms with Crippen molar-refractivity contribution in [2.24, 2.45) is 10.7 Å². The second-order valence-electron chi connectivity index (χ2n) is 6.05. The van der Waals surface area contributed by atoms with E-state index in [-0.39, 0.29) is 12.4 Å². The van der Waals surface area contributed by atoms with Crippen LogP contribution in [0.5, 0.6) is 11.5 Å². The number of methoxy groups -OCH3 is 2. The number of ether oxygens (including phenoxy) is 3. The van der Waals surface area contributed by atoms with Gasteiger partial charge in [0, 0.05) is 0 Å². The Morgan fingerprint density at radius 1 is 1.41 bits per heavy atom. The second-order valence-corrected chi connectivity index (χ2v) is 7.44. The molecule has 29 heavy (non-hydrogen) atoms. The monoisotopic (exact) mass is 434 g/mol. The van der Waals surface area contributed by atoms with Crippen LogP contribution in [0.1, 0.15) is 25.5 Å². The number of nitrogens with zero attached hydrogens (tertiary/aromatic N) is 3. The smallest absolute Gasteiger partial charge is 0.338 e. The molecule has 0 spiro atoms. The maximum atomic E-state index is 12.8. The summed E-state index contributed by atoms with van der Waals surface area (Å²) in [4.78, 5) is 19.2. The minimum Gasteiger partial charge on any atom is -0.493 e. The number of rotatable bonds is 5. The summed E-state index contributed by atoms with van der Waals surface area (Å²) in [6.07, 6.45) is 0. The van der Waals surface area contributed by atoms with Crippen molar-refractivity contribution in [3.05, 3.63) is 44.7 Å². The van der Waals surface area contributed by atoms with Crippen molar-refractivity contribution >= 4 is 34.5 Å². The number of allylic oxidation sites excluding steroid dienone is 2. The van der Waals surface area contributed by atoms with Gasteiger partial charge in [-0.05, 0) is 43.3 Å². The lowest BCUT2D eigenvalue weighted by molar-refractivity contribution is -0.139. The number of esters is 1. The van der Waals surface area contributed by atoms with E-state index < -0.39 is 12.0 Å². The summed E-state index contributed by atoms with van der Waals surface area (Å²) in [7, 11) is 2.98. The number of aliphatic imine (C=N–C) groups is 1. The van der Waals surface area contributed by atoms with Crippen molar-refractivity contribution in [3.8, 4) is 17.6 Å². The summed E-state index contributed by atoms with van der Waals surface area (Å²) in [5, 5.41) is 10.2. The molecule has 0 saturated heterocycles. The van der Waals surface area contributed by atoms with Crippen molar-refractivity contribution in [2.45, 2.75) is 19.9 Å². The lowest BCUT2D eigenvalue weighted by atomic mass is 9.94.